The number of hydrogen-bond acceptors (Lipinski definition) is 6. The van der Waals surface area contributed by atoms with Crippen LogP contribution in [0.1, 0.15) is 18.9 Å². The maximum Gasteiger partial charge on any atom is 0.257 e. The molecule has 1 aliphatic heterocycles. The van der Waals surface area contributed by atoms with E-state index in [2.05, 4.69) is 5.32 Å². The molecule has 0 bridgehead atoms. The number of amides is 2. The Hall–Kier alpha value is -3.33. The van der Waals surface area contributed by atoms with Crippen LogP contribution in [0.4, 0.5) is 5.69 Å². The van der Waals surface area contributed by atoms with Crippen LogP contribution in [-0.4, -0.2) is 62.3 Å². The molecule has 0 saturated carbocycles. The van der Waals surface area contributed by atoms with Crippen LogP contribution >= 0.6 is 12.2 Å². The van der Waals surface area contributed by atoms with Gasteiger partial charge in [-0.15, -0.1) is 0 Å². The van der Waals surface area contributed by atoms with Gasteiger partial charge in [0.15, 0.2) is 16.6 Å². The molecular weight excluding hydrogens is 442 g/mol. The van der Waals surface area contributed by atoms with Crippen LogP contribution in [0.2, 0.25) is 0 Å². The van der Waals surface area contributed by atoms with Gasteiger partial charge < -0.3 is 24.4 Å². The first-order chi connectivity index (χ1) is 15.9. The van der Waals surface area contributed by atoms with Crippen molar-refractivity contribution in [2.24, 2.45) is 0 Å². The van der Waals surface area contributed by atoms with Crippen molar-refractivity contribution in [2.45, 2.75) is 25.8 Å². The van der Waals surface area contributed by atoms with E-state index >= 15 is 0 Å². The van der Waals surface area contributed by atoms with E-state index in [4.69, 9.17) is 26.4 Å². The van der Waals surface area contributed by atoms with Crippen molar-refractivity contribution in [2.75, 3.05) is 39.3 Å². The number of carbonyl (C=O) groups excluding carboxylic acids is 2. The predicted octanol–water partition coefficient (Wildman–Crippen LogP) is 2.78. The molecule has 1 heterocycles. The Labute approximate surface area is 199 Å². The molecule has 2 amide bonds. The lowest BCUT2D eigenvalue weighted by Crippen LogP contribution is -2.50. The molecule has 1 saturated heterocycles. The van der Waals surface area contributed by atoms with E-state index in [-0.39, 0.29) is 18.2 Å². The zero-order chi connectivity index (χ0) is 24.0. The summed E-state index contributed by atoms with van der Waals surface area (Å²) in [5.41, 5.74) is 1.52. The van der Waals surface area contributed by atoms with Crippen LogP contribution in [0.5, 0.6) is 17.2 Å². The molecule has 0 aliphatic carbocycles. The summed E-state index contributed by atoms with van der Waals surface area (Å²) in [6, 6.07) is 11.9. The first kappa shape index (κ1) is 24.3. The van der Waals surface area contributed by atoms with Gasteiger partial charge in [-0.25, -0.2) is 4.90 Å². The van der Waals surface area contributed by atoms with Gasteiger partial charge in [-0.05, 0) is 67.5 Å². The van der Waals surface area contributed by atoms with E-state index in [1.165, 1.54) is 4.90 Å². The number of rotatable bonds is 9. The molecule has 9 heteroatoms. The van der Waals surface area contributed by atoms with Gasteiger partial charge in [0.1, 0.15) is 11.8 Å². The average Bonchev–Trinajstić information content (AvgIpc) is 3.12. The molecular formula is C24H29N3O5S. The number of hydrogen-bond donors (Lipinski definition) is 1. The number of benzene rings is 2. The monoisotopic (exact) mass is 471 g/mol. The average molecular weight is 472 g/mol. The van der Waals surface area contributed by atoms with Gasteiger partial charge in [0.25, 0.3) is 5.91 Å². The first-order valence-electron chi connectivity index (χ1n) is 10.7. The van der Waals surface area contributed by atoms with Gasteiger partial charge in [0, 0.05) is 13.1 Å². The fourth-order valence-corrected chi connectivity index (χ4v) is 4.16. The second-order valence-electron chi connectivity index (χ2n) is 7.45. The molecule has 0 aromatic heterocycles. The molecule has 1 fully saturated rings. The minimum absolute atomic E-state index is 0.0579. The van der Waals surface area contributed by atoms with Gasteiger partial charge >= 0.3 is 0 Å². The molecule has 0 unspecified atom stereocenters. The van der Waals surface area contributed by atoms with Gasteiger partial charge in [-0.2, -0.15) is 0 Å². The van der Waals surface area contributed by atoms with Gasteiger partial charge in [0.05, 0.1) is 33.4 Å². The fourth-order valence-electron chi connectivity index (χ4n) is 3.80. The molecule has 1 aliphatic rings. The van der Waals surface area contributed by atoms with Crippen LogP contribution in [-0.2, 0) is 16.0 Å². The predicted molar refractivity (Wildman–Crippen MR) is 130 cm³/mol. The molecule has 1 atom stereocenters. The minimum atomic E-state index is -0.675. The highest BCUT2D eigenvalue weighted by molar-refractivity contribution is 7.80. The highest BCUT2D eigenvalue weighted by Crippen LogP contribution is 2.29. The summed E-state index contributed by atoms with van der Waals surface area (Å²) >= 11 is 5.57. The lowest BCUT2D eigenvalue weighted by molar-refractivity contribution is -0.122. The third-order valence-corrected chi connectivity index (χ3v) is 5.89. The molecule has 0 radical (unpaired) electrons. The summed E-state index contributed by atoms with van der Waals surface area (Å²) in [4.78, 5) is 29.2. The number of methoxy groups -OCH3 is 3. The molecule has 2 aromatic rings. The molecule has 3 rings (SSSR count). The van der Waals surface area contributed by atoms with E-state index in [1.54, 1.807) is 50.5 Å². The Balaban J connectivity index is 1.81. The second kappa shape index (κ2) is 11.0. The van der Waals surface area contributed by atoms with Crippen molar-refractivity contribution < 1.29 is 23.8 Å². The van der Waals surface area contributed by atoms with Crippen molar-refractivity contribution in [1.82, 2.24) is 10.2 Å². The van der Waals surface area contributed by atoms with Crippen LogP contribution in [0.15, 0.2) is 42.5 Å². The van der Waals surface area contributed by atoms with Crippen molar-refractivity contribution in [3.63, 3.8) is 0 Å². The number of thiocarbonyl (C=S) groups is 1. The quantitative estimate of drug-likeness (QED) is 0.442. The Morgan fingerprint density at radius 3 is 2.36 bits per heavy atom. The van der Waals surface area contributed by atoms with E-state index in [0.29, 0.717) is 47.6 Å². The maximum absolute atomic E-state index is 13.3. The van der Waals surface area contributed by atoms with E-state index in [1.807, 2.05) is 25.1 Å². The smallest absolute Gasteiger partial charge is 0.257 e. The zero-order valence-electron chi connectivity index (χ0n) is 19.3. The third-order valence-electron chi connectivity index (χ3n) is 5.51. The van der Waals surface area contributed by atoms with Crippen LogP contribution in [0, 0.1) is 0 Å². The fraction of sp³-hybridized carbons (Fsp3) is 0.375. The van der Waals surface area contributed by atoms with Crippen LogP contribution in [0.25, 0.3) is 0 Å². The Bertz CT molecular complexity index is 1010. The van der Waals surface area contributed by atoms with Crippen molar-refractivity contribution in [1.29, 1.82) is 0 Å². The van der Waals surface area contributed by atoms with Crippen molar-refractivity contribution in [3.8, 4) is 17.2 Å². The first-order valence-corrected chi connectivity index (χ1v) is 11.1. The van der Waals surface area contributed by atoms with Crippen LogP contribution < -0.4 is 24.4 Å². The zero-order valence-corrected chi connectivity index (χ0v) is 20.1. The van der Waals surface area contributed by atoms with Crippen molar-refractivity contribution in [3.05, 3.63) is 48.0 Å². The number of anilines is 1. The van der Waals surface area contributed by atoms with E-state index in [0.717, 1.165) is 5.56 Å². The standard InChI is InChI=1S/C24H29N3O5S/c1-5-25-24(33)26(13-12-16-6-11-20(31-3)21(14-16)32-4)19-15-22(28)27(23(19)29)17-7-9-18(30-2)10-8-17/h6-11,14,19H,5,12-13,15H2,1-4H3,(H,25,33)/t19-/m1/s1. The largest absolute Gasteiger partial charge is 0.497 e. The Morgan fingerprint density at radius 2 is 1.76 bits per heavy atom. The minimum Gasteiger partial charge on any atom is -0.497 e. The topological polar surface area (TPSA) is 80.3 Å². The Morgan fingerprint density at radius 1 is 1.06 bits per heavy atom. The number of imide groups is 1. The molecule has 2 aromatic carbocycles. The van der Waals surface area contributed by atoms with Gasteiger partial charge in [0.2, 0.25) is 5.91 Å². The van der Waals surface area contributed by atoms with E-state index < -0.39 is 6.04 Å². The number of nitrogens with zero attached hydrogens (tertiary/aromatic N) is 2. The molecule has 8 nitrogen and oxygen atoms in total. The lowest BCUT2D eigenvalue weighted by Gasteiger charge is -2.30. The number of nitrogens with one attached hydrogen (secondary N) is 1. The van der Waals surface area contributed by atoms with Gasteiger partial charge in [-0.3, -0.25) is 9.59 Å². The number of carbonyl (C=O) groups is 2. The highest BCUT2D eigenvalue weighted by Gasteiger charge is 2.43. The van der Waals surface area contributed by atoms with E-state index in [9.17, 15) is 9.59 Å². The summed E-state index contributed by atoms with van der Waals surface area (Å²) < 4.78 is 15.9. The van der Waals surface area contributed by atoms with Gasteiger partial charge in [-0.1, -0.05) is 6.07 Å². The van der Waals surface area contributed by atoms with Crippen molar-refractivity contribution >= 4 is 34.8 Å². The summed E-state index contributed by atoms with van der Waals surface area (Å²) in [7, 11) is 4.74. The Kier molecular flexibility index (Phi) is 8.11. The summed E-state index contributed by atoms with van der Waals surface area (Å²) in [6.45, 7) is 3.01. The summed E-state index contributed by atoms with van der Waals surface area (Å²) in [6.07, 6.45) is 0.661. The van der Waals surface area contributed by atoms with Crippen LogP contribution in [0.3, 0.4) is 0 Å². The second-order valence-corrected chi connectivity index (χ2v) is 7.84. The maximum atomic E-state index is 13.3. The lowest BCUT2D eigenvalue weighted by atomic mass is 10.1. The normalized spacial score (nSPS) is 15.4. The molecule has 1 N–H and O–H groups in total. The summed E-state index contributed by atoms with van der Waals surface area (Å²) in [5, 5.41) is 3.56. The molecule has 176 valence electrons. The summed E-state index contributed by atoms with van der Waals surface area (Å²) in [5.74, 6) is 1.38. The molecule has 0 spiro atoms. The SMILES string of the molecule is CCNC(=S)N(CCc1ccc(OC)c(OC)c1)[C@@H]1CC(=O)N(c2ccc(OC)cc2)C1=O. The third kappa shape index (κ3) is 5.36. The number of ether oxygens (including phenoxy) is 3. The molecule has 33 heavy (non-hydrogen) atoms. The highest BCUT2D eigenvalue weighted by atomic mass is 32.1.